The fourth-order valence-electron chi connectivity index (χ4n) is 1.21. The molecule has 1 rings (SSSR count). The van der Waals surface area contributed by atoms with E-state index >= 15 is 0 Å². The Labute approximate surface area is 89.3 Å². The number of nitrogens with zero attached hydrogens (tertiary/aromatic N) is 1. The maximum Gasteiger partial charge on any atom is 0.0931 e. The Morgan fingerprint density at radius 3 is 2.77 bits per heavy atom. The third kappa shape index (κ3) is 4.12. The van der Waals surface area contributed by atoms with Gasteiger partial charge in [-0.25, -0.2) is 0 Å². The lowest BCUT2D eigenvalue weighted by Crippen LogP contribution is -2.18. The first-order chi connectivity index (χ1) is 6.22. The summed E-state index contributed by atoms with van der Waals surface area (Å²) in [6.45, 7) is 4.42. The second kappa shape index (κ2) is 5.63. The van der Waals surface area contributed by atoms with Crippen LogP contribution in [0.3, 0.4) is 0 Å². The number of hydrogen-bond acceptors (Lipinski definition) is 2. The van der Waals surface area contributed by atoms with Gasteiger partial charge >= 0.3 is 0 Å². The molecule has 13 heavy (non-hydrogen) atoms. The molecule has 0 bridgehead atoms. The molecule has 0 aromatic carbocycles. The third-order valence-corrected chi connectivity index (χ3v) is 3.16. The third-order valence-electron chi connectivity index (χ3n) is 1.95. The van der Waals surface area contributed by atoms with Crippen LogP contribution in [0.25, 0.3) is 0 Å². The minimum absolute atomic E-state index is 0.888. The van der Waals surface area contributed by atoms with E-state index in [4.69, 9.17) is 11.6 Å². The van der Waals surface area contributed by atoms with Gasteiger partial charge in [0.05, 0.1) is 4.34 Å². The molecule has 0 aliphatic heterocycles. The van der Waals surface area contributed by atoms with E-state index in [9.17, 15) is 0 Å². The summed E-state index contributed by atoms with van der Waals surface area (Å²) in [5.41, 5.74) is 0. The van der Waals surface area contributed by atoms with Crippen LogP contribution < -0.4 is 0 Å². The fourth-order valence-corrected chi connectivity index (χ4v) is 2.38. The molecule has 0 aliphatic carbocycles. The molecule has 0 amide bonds. The van der Waals surface area contributed by atoms with Crippen molar-refractivity contribution in [3.8, 4) is 0 Å². The lowest BCUT2D eigenvalue weighted by atomic mass is 10.3. The highest BCUT2D eigenvalue weighted by atomic mass is 35.5. The van der Waals surface area contributed by atoms with Crippen molar-refractivity contribution in [2.75, 3.05) is 13.6 Å². The Kier molecular flexibility index (Phi) is 4.78. The van der Waals surface area contributed by atoms with Crippen LogP contribution in [0.1, 0.15) is 24.6 Å². The number of hydrogen-bond donors (Lipinski definition) is 0. The van der Waals surface area contributed by atoms with Gasteiger partial charge in [0.2, 0.25) is 0 Å². The van der Waals surface area contributed by atoms with Crippen molar-refractivity contribution < 1.29 is 0 Å². The van der Waals surface area contributed by atoms with Crippen molar-refractivity contribution in [3.63, 3.8) is 0 Å². The normalized spacial score (nSPS) is 11.1. The Balaban J connectivity index is 2.31. The van der Waals surface area contributed by atoms with Crippen molar-refractivity contribution in [3.05, 3.63) is 21.3 Å². The van der Waals surface area contributed by atoms with Crippen LogP contribution in [-0.2, 0) is 6.54 Å². The Hall–Kier alpha value is -0.0500. The van der Waals surface area contributed by atoms with Gasteiger partial charge in [0, 0.05) is 11.4 Å². The van der Waals surface area contributed by atoms with Gasteiger partial charge in [0.1, 0.15) is 0 Å². The van der Waals surface area contributed by atoms with Gasteiger partial charge in [-0.1, -0.05) is 24.9 Å². The molecule has 1 aromatic heterocycles. The molecule has 3 heteroatoms. The van der Waals surface area contributed by atoms with Gasteiger partial charge in [-0.2, -0.15) is 0 Å². The van der Waals surface area contributed by atoms with Crippen molar-refractivity contribution in [2.24, 2.45) is 0 Å². The molecular formula is C10H16ClNS. The average Bonchev–Trinajstić information content (AvgIpc) is 2.48. The standard InChI is InChI=1S/C10H16ClNS/c1-3-4-7-12(2)8-9-5-6-10(11)13-9/h5-6H,3-4,7-8H2,1-2H3. The van der Waals surface area contributed by atoms with E-state index in [-0.39, 0.29) is 0 Å². The quantitative estimate of drug-likeness (QED) is 0.728. The first-order valence-corrected chi connectivity index (χ1v) is 5.84. The zero-order chi connectivity index (χ0) is 9.68. The fraction of sp³-hybridized carbons (Fsp3) is 0.600. The van der Waals surface area contributed by atoms with E-state index in [2.05, 4.69) is 24.9 Å². The molecule has 0 saturated heterocycles. The second-order valence-corrected chi connectivity index (χ2v) is 5.10. The number of halogens is 1. The molecule has 74 valence electrons. The van der Waals surface area contributed by atoms with E-state index in [0.29, 0.717) is 0 Å². The maximum atomic E-state index is 5.85. The predicted molar refractivity (Wildman–Crippen MR) is 60.6 cm³/mol. The summed E-state index contributed by atoms with van der Waals surface area (Å²) in [5.74, 6) is 0. The van der Waals surface area contributed by atoms with E-state index in [0.717, 1.165) is 10.9 Å². The monoisotopic (exact) mass is 217 g/mol. The Morgan fingerprint density at radius 1 is 1.46 bits per heavy atom. The van der Waals surface area contributed by atoms with E-state index < -0.39 is 0 Å². The van der Waals surface area contributed by atoms with Crippen LogP contribution >= 0.6 is 22.9 Å². The molecule has 0 saturated carbocycles. The molecular weight excluding hydrogens is 202 g/mol. The molecule has 0 N–H and O–H groups in total. The maximum absolute atomic E-state index is 5.85. The van der Waals surface area contributed by atoms with E-state index in [1.165, 1.54) is 24.3 Å². The summed E-state index contributed by atoms with van der Waals surface area (Å²) >= 11 is 7.52. The molecule has 0 fully saturated rings. The SMILES string of the molecule is CCCCN(C)Cc1ccc(Cl)s1. The Bertz CT molecular complexity index is 247. The minimum Gasteiger partial charge on any atom is -0.301 e. The van der Waals surface area contributed by atoms with Crippen LogP contribution in [-0.4, -0.2) is 18.5 Å². The van der Waals surface area contributed by atoms with Crippen molar-refractivity contribution in [1.82, 2.24) is 4.90 Å². The summed E-state index contributed by atoms with van der Waals surface area (Å²) in [6, 6.07) is 4.07. The highest BCUT2D eigenvalue weighted by Gasteiger charge is 2.01. The van der Waals surface area contributed by atoms with Crippen LogP contribution in [0.15, 0.2) is 12.1 Å². The minimum atomic E-state index is 0.888. The molecule has 0 spiro atoms. The van der Waals surface area contributed by atoms with Crippen LogP contribution in [0.2, 0.25) is 4.34 Å². The molecule has 0 atom stereocenters. The summed E-state index contributed by atoms with van der Waals surface area (Å²) in [7, 11) is 2.16. The summed E-state index contributed by atoms with van der Waals surface area (Å²) < 4.78 is 0.888. The summed E-state index contributed by atoms with van der Waals surface area (Å²) in [6.07, 6.45) is 2.53. The average molecular weight is 218 g/mol. The molecule has 0 radical (unpaired) electrons. The van der Waals surface area contributed by atoms with Gasteiger partial charge < -0.3 is 4.90 Å². The number of rotatable bonds is 5. The lowest BCUT2D eigenvalue weighted by molar-refractivity contribution is 0.323. The largest absolute Gasteiger partial charge is 0.301 e. The summed E-state index contributed by atoms with van der Waals surface area (Å²) in [4.78, 5) is 3.69. The zero-order valence-corrected chi connectivity index (χ0v) is 9.79. The lowest BCUT2D eigenvalue weighted by Gasteiger charge is -2.14. The van der Waals surface area contributed by atoms with Crippen molar-refractivity contribution >= 4 is 22.9 Å². The smallest absolute Gasteiger partial charge is 0.0931 e. The number of unbranched alkanes of at least 4 members (excludes halogenated alkanes) is 1. The van der Waals surface area contributed by atoms with Crippen molar-refractivity contribution in [1.29, 1.82) is 0 Å². The molecule has 0 aliphatic rings. The van der Waals surface area contributed by atoms with E-state index in [1.54, 1.807) is 11.3 Å². The second-order valence-electron chi connectivity index (χ2n) is 3.30. The van der Waals surface area contributed by atoms with Gasteiger partial charge in [0.15, 0.2) is 0 Å². The van der Waals surface area contributed by atoms with E-state index in [1.807, 2.05) is 6.07 Å². The van der Waals surface area contributed by atoms with Gasteiger partial charge in [-0.05, 0) is 32.1 Å². The highest BCUT2D eigenvalue weighted by Crippen LogP contribution is 2.22. The first-order valence-electron chi connectivity index (χ1n) is 4.65. The van der Waals surface area contributed by atoms with Gasteiger partial charge in [-0.3, -0.25) is 0 Å². The topological polar surface area (TPSA) is 3.24 Å². The van der Waals surface area contributed by atoms with Crippen LogP contribution in [0, 0.1) is 0 Å². The van der Waals surface area contributed by atoms with Crippen LogP contribution in [0.4, 0.5) is 0 Å². The zero-order valence-electron chi connectivity index (χ0n) is 8.22. The summed E-state index contributed by atoms with van der Waals surface area (Å²) in [5, 5.41) is 0. The van der Waals surface area contributed by atoms with Gasteiger partial charge in [0.25, 0.3) is 0 Å². The molecule has 0 unspecified atom stereocenters. The molecule has 1 nitrogen and oxygen atoms in total. The number of thiophene rings is 1. The first kappa shape index (κ1) is 11.0. The highest BCUT2D eigenvalue weighted by molar-refractivity contribution is 7.16. The predicted octanol–water partition coefficient (Wildman–Crippen LogP) is 3.63. The molecule has 1 heterocycles. The van der Waals surface area contributed by atoms with Crippen molar-refractivity contribution in [2.45, 2.75) is 26.3 Å². The Morgan fingerprint density at radius 2 is 2.23 bits per heavy atom. The van der Waals surface area contributed by atoms with Crippen LogP contribution in [0.5, 0.6) is 0 Å². The van der Waals surface area contributed by atoms with Gasteiger partial charge in [-0.15, -0.1) is 11.3 Å². The molecule has 1 aromatic rings.